The number of thiophene rings is 1. The first-order valence-electron chi connectivity index (χ1n) is 6.17. The van der Waals surface area contributed by atoms with Crippen LogP contribution in [0.2, 0.25) is 9.36 Å². The van der Waals surface area contributed by atoms with Gasteiger partial charge >= 0.3 is 0 Å². The molecule has 0 saturated carbocycles. The van der Waals surface area contributed by atoms with Crippen LogP contribution in [-0.2, 0) is 0 Å². The third kappa shape index (κ3) is 2.74. The maximum atomic E-state index is 10.4. The van der Waals surface area contributed by atoms with E-state index in [9.17, 15) is 5.11 Å². The van der Waals surface area contributed by atoms with E-state index in [4.69, 9.17) is 32.7 Å². The maximum absolute atomic E-state index is 10.4. The average Bonchev–Trinajstić information content (AvgIpc) is 2.72. The summed E-state index contributed by atoms with van der Waals surface area (Å²) in [6.07, 6.45) is 0.0332. The minimum atomic E-state index is -0.776. The highest BCUT2D eigenvalue weighted by Gasteiger charge is 2.20. The van der Waals surface area contributed by atoms with Gasteiger partial charge in [0, 0.05) is 11.3 Å². The zero-order chi connectivity index (χ0) is 14.1. The largest absolute Gasteiger partial charge is 0.489 e. The third-order valence-corrected chi connectivity index (χ3v) is 4.57. The Hall–Kier alpha value is -0.940. The molecule has 106 valence electrons. The third-order valence-electron chi connectivity index (χ3n) is 3.00. The van der Waals surface area contributed by atoms with Crippen molar-refractivity contribution in [3.05, 3.63) is 44.1 Å². The van der Waals surface area contributed by atoms with Gasteiger partial charge in [-0.2, -0.15) is 0 Å². The van der Waals surface area contributed by atoms with Crippen molar-refractivity contribution in [3.8, 4) is 11.5 Å². The summed E-state index contributed by atoms with van der Waals surface area (Å²) < 4.78 is 11.8. The van der Waals surface area contributed by atoms with Crippen LogP contribution in [0.1, 0.15) is 23.0 Å². The molecule has 0 amide bonds. The fourth-order valence-electron chi connectivity index (χ4n) is 2.05. The van der Waals surface area contributed by atoms with Gasteiger partial charge in [0.05, 0.1) is 22.6 Å². The number of aliphatic hydroxyl groups is 1. The zero-order valence-electron chi connectivity index (χ0n) is 10.4. The smallest absolute Gasteiger partial charge is 0.179 e. The molecule has 6 heteroatoms. The molecule has 1 aliphatic rings. The van der Waals surface area contributed by atoms with Crippen molar-refractivity contribution in [2.24, 2.45) is 0 Å². The minimum absolute atomic E-state index is 0.445. The van der Waals surface area contributed by atoms with Gasteiger partial charge in [-0.1, -0.05) is 23.2 Å². The highest BCUT2D eigenvalue weighted by Crippen LogP contribution is 2.41. The van der Waals surface area contributed by atoms with Gasteiger partial charge in [-0.3, -0.25) is 0 Å². The van der Waals surface area contributed by atoms with Crippen LogP contribution in [0.3, 0.4) is 0 Å². The number of ether oxygens (including phenoxy) is 2. The molecule has 1 N–H and O–H groups in total. The standard InChI is InChI=1S/C14H12Cl2O3S/c15-9-6-8(13(17)11-2-3-12(16)20-11)7-10-14(9)19-5-1-4-18-10/h2-3,6-7,13,17H,1,4-5H2. The number of aliphatic hydroxyl groups excluding tert-OH is 1. The van der Waals surface area contributed by atoms with E-state index in [0.29, 0.717) is 39.6 Å². The summed E-state index contributed by atoms with van der Waals surface area (Å²) in [5.41, 5.74) is 0.665. The van der Waals surface area contributed by atoms with Gasteiger partial charge in [0.2, 0.25) is 0 Å². The highest BCUT2D eigenvalue weighted by molar-refractivity contribution is 7.16. The van der Waals surface area contributed by atoms with Crippen molar-refractivity contribution in [2.75, 3.05) is 13.2 Å². The Kier molecular flexibility index (Phi) is 4.08. The van der Waals surface area contributed by atoms with Crippen LogP contribution in [0.15, 0.2) is 24.3 Å². The minimum Gasteiger partial charge on any atom is -0.489 e. The van der Waals surface area contributed by atoms with Crippen LogP contribution in [0.25, 0.3) is 0 Å². The van der Waals surface area contributed by atoms with Crippen LogP contribution in [-0.4, -0.2) is 18.3 Å². The predicted octanol–water partition coefficient (Wildman–Crippen LogP) is 4.30. The van der Waals surface area contributed by atoms with Crippen LogP contribution in [0.4, 0.5) is 0 Å². The summed E-state index contributed by atoms with van der Waals surface area (Å²) in [7, 11) is 0. The second-order valence-electron chi connectivity index (χ2n) is 4.42. The van der Waals surface area contributed by atoms with Gasteiger partial charge in [0.15, 0.2) is 11.5 Å². The van der Waals surface area contributed by atoms with E-state index in [0.717, 1.165) is 11.3 Å². The van der Waals surface area contributed by atoms with Crippen molar-refractivity contribution in [3.63, 3.8) is 0 Å². The molecule has 2 aromatic rings. The second-order valence-corrected chi connectivity index (χ2v) is 6.58. The Morgan fingerprint density at radius 1 is 1.15 bits per heavy atom. The molecule has 0 radical (unpaired) electrons. The van der Waals surface area contributed by atoms with Gasteiger partial charge in [-0.05, 0) is 29.8 Å². The van der Waals surface area contributed by atoms with E-state index in [-0.39, 0.29) is 0 Å². The second kappa shape index (κ2) is 5.82. The molecule has 0 spiro atoms. The summed E-state index contributed by atoms with van der Waals surface area (Å²) >= 11 is 13.5. The Balaban J connectivity index is 1.98. The molecule has 2 heterocycles. The van der Waals surface area contributed by atoms with Gasteiger partial charge in [-0.25, -0.2) is 0 Å². The van der Waals surface area contributed by atoms with E-state index < -0.39 is 6.10 Å². The molecule has 0 saturated heterocycles. The molecule has 0 fully saturated rings. The first-order valence-corrected chi connectivity index (χ1v) is 7.75. The van der Waals surface area contributed by atoms with E-state index >= 15 is 0 Å². The molecule has 0 bridgehead atoms. The number of rotatable bonds is 2. The summed E-state index contributed by atoms with van der Waals surface area (Å²) in [6.45, 7) is 1.16. The van der Waals surface area contributed by atoms with E-state index in [2.05, 4.69) is 0 Å². The Morgan fingerprint density at radius 2 is 1.95 bits per heavy atom. The summed E-state index contributed by atoms with van der Waals surface area (Å²) in [5.74, 6) is 1.12. The number of hydrogen-bond acceptors (Lipinski definition) is 4. The van der Waals surface area contributed by atoms with Gasteiger partial charge < -0.3 is 14.6 Å². The molecule has 1 aromatic carbocycles. The highest BCUT2D eigenvalue weighted by atomic mass is 35.5. The lowest BCUT2D eigenvalue weighted by molar-refractivity contribution is 0.223. The fourth-order valence-corrected chi connectivity index (χ4v) is 3.40. The van der Waals surface area contributed by atoms with E-state index in [1.54, 1.807) is 24.3 Å². The lowest BCUT2D eigenvalue weighted by Gasteiger charge is -2.14. The molecule has 20 heavy (non-hydrogen) atoms. The van der Waals surface area contributed by atoms with Crippen molar-refractivity contribution in [2.45, 2.75) is 12.5 Å². The van der Waals surface area contributed by atoms with Crippen LogP contribution < -0.4 is 9.47 Å². The number of fused-ring (bicyclic) bond motifs is 1. The van der Waals surface area contributed by atoms with E-state index in [1.165, 1.54) is 11.3 Å². The Bertz CT molecular complexity index is 627. The molecule has 3 nitrogen and oxygen atoms in total. The molecule has 3 rings (SSSR count). The molecule has 1 aromatic heterocycles. The normalized spacial score (nSPS) is 15.8. The summed E-state index contributed by atoms with van der Waals surface area (Å²) in [6, 6.07) is 7.03. The molecular formula is C14H12Cl2O3S. The number of hydrogen-bond donors (Lipinski definition) is 1. The SMILES string of the molecule is OC(c1cc(Cl)c2c(c1)OCCCO2)c1ccc(Cl)s1. The van der Waals surface area contributed by atoms with Gasteiger partial charge in [0.25, 0.3) is 0 Å². The monoisotopic (exact) mass is 330 g/mol. The molecular weight excluding hydrogens is 319 g/mol. The molecule has 1 atom stereocenters. The first-order chi connectivity index (χ1) is 9.65. The number of halogens is 2. The Labute approximate surface area is 130 Å². The average molecular weight is 331 g/mol. The summed E-state index contributed by atoms with van der Waals surface area (Å²) in [4.78, 5) is 0.764. The topological polar surface area (TPSA) is 38.7 Å². The van der Waals surface area contributed by atoms with Crippen LogP contribution in [0, 0.1) is 0 Å². The van der Waals surface area contributed by atoms with Crippen LogP contribution in [0.5, 0.6) is 11.5 Å². The Morgan fingerprint density at radius 3 is 2.70 bits per heavy atom. The predicted molar refractivity (Wildman–Crippen MR) is 80.4 cm³/mol. The summed E-state index contributed by atoms with van der Waals surface area (Å²) in [5, 5.41) is 10.8. The van der Waals surface area contributed by atoms with E-state index in [1.807, 2.05) is 0 Å². The number of benzene rings is 1. The van der Waals surface area contributed by atoms with Crippen molar-refractivity contribution < 1.29 is 14.6 Å². The first kappa shape index (κ1) is 14.0. The van der Waals surface area contributed by atoms with Crippen molar-refractivity contribution in [1.29, 1.82) is 0 Å². The lowest BCUT2D eigenvalue weighted by Crippen LogP contribution is -2.00. The van der Waals surface area contributed by atoms with Gasteiger partial charge in [0.1, 0.15) is 6.10 Å². The fraction of sp³-hybridized carbons (Fsp3) is 0.286. The zero-order valence-corrected chi connectivity index (χ0v) is 12.8. The molecule has 0 aliphatic carbocycles. The van der Waals surface area contributed by atoms with Gasteiger partial charge in [-0.15, -0.1) is 11.3 Å². The van der Waals surface area contributed by atoms with Crippen molar-refractivity contribution in [1.82, 2.24) is 0 Å². The molecule has 1 aliphatic heterocycles. The lowest BCUT2D eigenvalue weighted by atomic mass is 10.1. The quantitative estimate of drug-likeness (QED) is 0.892. The molecule has 1 unspecified atom stereocenters. The van der Waals surface area contributed by atoms with Crippen LogP contribution >= 0.6 is 34.5 Å². The van der Waals surface area contributed by atoms with Crippen molar-refractivity contribution >= 4 is 34.5 Å². The maximum Gasteiger partial charge on any atom is 0.179 e.